The molecule has 0 radical (unpaired) electrons. The van der Waals surface area contributed by atoms with E-state index in [2.05, 4.69) is 44.1 Å². The Morgan fingerprint density at radius 2 is 0.919 bits per heavy atom. The molecule has 8 atom stereocenters. The van der Waals surface area contributed by atoms with Crippen LogP contribution in [0.1, 0.15) is 128 Å². The second-order valence-corrected chi connectivity index (χ2v) is 18.7. The van der Waals surface area contributed by atoms with Gasteiger partial charge in [-0.05, 0) is 43.4 Å². The largest absolute Gasteiger partial charge is 0.508 e. The van der Waals surface area contributed by atoms with Crippen LogP contribution in [0.4, 0.5) is 0 Å². The van der Waals surface area contributed by atoms with Gasteiger partial charge in [0.25, 0.3) is 0 Å². The van der Waals surface area contributed by atoms with Crippen molar-refractivity contribution in [2.24, 2.45) is 22.9 Å². The molecule has 1 aromatic rings. The number of nitrogens with two attached hydrogens (primary N) is 4. The molecule has 2 fully saturated rings. The van der Waals surface area contributed by atoms with Crippen molar-refractivity contribution in [3.8, 4) is 5.75 Å². The van der Waals surface area contributed by atoms with E-state index in [1.807, 2.05) is 0 Å². The summed E-state index contributed by atoms with van der Waals surface area (Å²) in [6, 6.07) is -8.11. The first-order valence-electron chi connectivity index (χ1n) is 25.1. The predicted octanol–water partition coefficient (Wildman–Crippen LogP) is -3.47. The van der Waals surface area contributed by atoms with E-state index in [0.29, 0.717) is 18.4 Å². The molecular formula is C48H74N12O14. The topological polar surface area (TPSA) is 437 Å². The number of aliphatic hydroxyl groups excluding tert-OH is 1. The van der Waals surface area contributed by atoms with Gasteiger partial charge in [0.1, 0.15) is 54.1 Å². The Balaban J connectivity index is 2.14. The number of benzene rings is 1. The normalized spacial score (nSPS) is 23.9. The zero-order chi connectivity index (χ0) is 54.9. The van der Waals surface area contributed by atoms with Crippen LogP contribution in [-0.2, 0) is 64.0 Å². The Hall–Kier alpha value is -7.38. The monoisotopic (exact) mass is 1040 g/mol. The Morgan fingerprint density at radius 3 is 1.39 bits per heavy atom. The molecule has 74 heavy (non-hydrogen) atoms. The van der Waals surface area contributed by atoms with Gasteiger partial charge in [-0.15, -0.1) is 0 Å². The number of amides is 12. The van der Waals surface area contributed by atoms with E-state index in [0.717, 1.165) is 56.3 Å². The molecule has 2 saturated heterocycles. The highest BCUT2D eigenvalue weighted by Gasteiger charge is 2.41. The summed E-state index contributed by atoms with van der Waals surface area (Å²) < 4.78 is 0. The van der Waals surface area contributed by atoms with Crippen LogP contribution in [0.5, 0.6) is 5.75 Å². The molecule has 0 bridgehead atoms. The molecule has 26 heteroatoms. The number of phenolic OH excluding ortho intramolecular Hbond substituents is 1. The highest BCUT2D eigenvalue weighted by atomic mass is 16.3. The third-order valence-corrected chi connectivity index (χ3v) is 12.6. The van der Waals surface area contributed by atoms with E-state index < -0.39 is 158 Å². The number of nitrogens with zero attached hydrogens (tertiary/aromatic N) is 1. The number of nitrogens with one attached hydrogen (secondary N) is 7. The van der Waals surface area contributed by atoms with Gasteiger partial charge in [0.2, 0.25) is 70.9 Å². The predicted molar refractivity (Wildman–Crippen MR) is 263 cm³/mol. The number of rotatable bonds is 23. The summed E-state index contributed by atoms with van der Waals surface area (Å²) in [6.45, 7) is 0.925. The zero-order valence-corrected chi connectivity index (χ0v) is 41.8. The molecule has 0 unspecified atom stereocenters. The Kier molecular flexibility index (Phi) is 25.7. The lowest BCUT2D eigenvalue weighted by Gasteiger charge is -2.31. The fourth-order valence-electron chi connectivity index (χ4n) is 8.56. The van der Waals surface area contributed by atoms with Crippen LogP contribution in [0.3, 0.4) is 0 Å². The standard InChI is InChI=1S/C48H74N12O14/c1-2-3-4-5-6-7-8-9-10-11-13-29-41(67)56-33(24-39(51)65)44(70)55-31(22-27-15-17-28(62)18-16-27)42(68)57-34(25-40(52)66)45(71)59-35(26-61)46(72)58-32(23-38(50)64)43(69)54-30(19-20-37(49)63)48(74)60-21-12-14-36(60)47(73)53-29/h15-18,29-36,61-62H,2-14,19-26H2,1H3,(H2,49,63)(H2,50,64)(H2,51,65)(H2,52,66)(H,53,73)(H,54,69)(H,55,70)(H,56,67)(H,57,68)(H,58,72)(H,59,71)/t29-,30-,31-,32-,33-,34-,35-,36-/m0/s1. The van der Waals surface area contributed by atoms with Crippen LogP contribution in [0.15, 0.2) is 24.3 Å². The number of aromatic hydroxyl groups is 1. The average molecular weight is 1040 g/mol. The summed E-state index contributed by atoms with van der Waals surface area (Å²) in [7, 11) is 0. The van der Waals surface area contributed by atoms with Gasteiger partial charge in [0.15, 0.2) is 0 Å². The number of hydrogen-bond donors (Lipinski definition) is 13. The summed E-state index contributed by atoms with van der Waals surface area (Å²) in [5, 5.41) is 36.7. The summed E-state index contributed by atoms with van der Waals surface area (Å²) in [5.41, 5.74) is 22.1. The molecule has 0 spiro atoms. The minimum Gasteiger partial charge on any atom is -0.508 e. The van der Waals surface area contributed by atoms with E-state index in [1.165, 1.54) is 24.3 Å². The van der Waals surface area contributed by atoms with Crippen LogP contribution in [0.2, 0.25) is 0 Å². The molecule has 0 aromatic heterocycles. The van der Waals surface area contributed by atoms with Gasteiger partial charge in [-0.2, -0.15) is 0 Å². The zero-order valence-electron chi connectivity index (χ0n) is 41.8. The van der Waals surface area contributed by atoms with Gasteiger partial charge < -0.3 is 75.3 Å². The van der Waals surface area contributed by atoms with Crippen molar-refractivity contribution < 1.29 is 67.7 Å². The highest BCUT2D eigenvalue weighted by molar-refractivity contribution is 6.01. The van der Waals surface area contributed by atoms with Crippen molar-refractivity contribution >= 4 is 70.9 Å². The van der Waals surface area contributed by atoms with E-state index in [9.17, 15) is 67.7 Å². The van der Waals surface area contributed by atoms with E-state index in [1.54, 1.807) is 0 Å². The SMILES string of the molecule is CCCCCCCCCCCC[C@@H]1NC(=O)[C@@H]2CCCN2C(=O)[C@H](CCC(N)=O)NC(=O)[C@H](CC(N)=O)NC(=O)[C@H](CO)NC(=O)[C@H](CC(N)=O)NC(=O)[C@H](Cc2ccc(O)cc2)NC(=O)[C@H](CC(N)=O)NC1=O. The molecule has 2 heterocycles. The van der Waals surface area contributed by atoms with Crippen molar-refractivity contribution in [3.05, 3.63) is 29.8 Å². The van der Waals surface area contributed by atoms with Gasteiger partial charge in [-0.3, -0.25) is 57.5 Å². The van der Waals surface area contributed by atoms with E-state index >= 15 is 0 Å². The summed E-state index contributed by atoms with van der Waals surface area (Å²) in [5.74, 6) is -13.1. The molecule has 3 rings (SSSR count). The number of hydrogen-bond acceptors (Lipinski definition) is 14. The first kappa shape index (κ1) is 60.9. The van der Waals surface area contributed by atoms with Crippen LogP contribution in [0, 0.1) is 0 Å². The molecule has 0 aliphatic carbocycles. The van der Waals surface area contributed by atoms with Crippen molar-refractivity contribution in [1.29, 1.82) is 0 Å². The molecule has 1 aromatic carbocycles. The maximum atomic E-state index is 14.3. The maximum Gasteiger partial charge on any atom is 0.245 e. The van der Waals surface area contributed by atoms with Crippen LogP contribution in [-0.4, -0.2) is 147 Å². The first-order valence-corrected chi connectivity index (χ1v) is 25.1. The summed E-state index contributed by atoms with van der Waals surface area (Å²) in [6.07, 6.45) is 5.92. The highest BCUT2D eigenvalue weighted by Crippen LogP contribution is 2.21. The van der Waals surface area contributed by atoms with Gasteiger partial charge in [-0.25, -0.2) is 0 Å². The first-order chi connectivity index (χ1) is 35.1. The molecule has 17 N–H and O–H groups in total. The minimum atomic E-state index is -1.96. The second-order valence-electron chi connectivity index (χ2n) is 18.7. The number of carbonyl (C=O) groups is 12. The third kappa shape index (κ3) is 21.0. The Morgan fingerprint density at radius 1 is 0.514 bits per heavy atom. The van der Waals surface area contributed by atoms with Gasteiger partial charge in [-0.1, -0.05) is 83.3 Å². The lowest BCUT2D eigenvalue weighted by atomic mass is 10.0. The lowest BCUT2D eigenvalue weighted by molar-refractivity contribution is -0.143. The molecule has 26 nitrogen and oxygen atoms in total. The Labute approximate surface area is 428 Å². The fourth-order valence-corrected chi connectivity index (χ4v) is 8.56. The molecule has 12 amide bonds. The van der Waals surface area contributed by atoms with Crippen molar-refractivity contribution in [1.82, 2.24) is 42.1 Å². The number of unbranched alkanes of at least 4 members (excludes halogenated alkanes) is 9. The quantitative estimate of drug-likeness (QED) is 0.0474. The molecular weight excluding hydrogens is 969 g/mol. The number of carbonyl (C=O) groups excluding carboxylic acids is 12. The summed E-state index contributed by atoms with van der Waals surface area (Å²) >= 11 is 0. The molecule has 0 saturated carbocycles. The average Bonchev–Trinajstić information content (AvgIpc) is 3.84. The van der Waals surface area contributed by atoms with E-state index in [4.69, 9.17) is 22.9 Å². The van der Waals surface area contributed by atoms with Crippen molar-refractivity contribution in [2.45, 2.75) is 177 Å². The molecule has 2 aliphatic heterocycles. The minimum absolute atomic E-state index is 0.0241. The van der Waals surface area contributed by atoms with Crippen LogP contribution < -0.4 is 60.2 Å². The number of fused-ring (bicyclic) bond motifs is 1. The van der Waals surface area contributed by atoms with E-state index in [-0.39, 0.29) is 38.0 Å². The van der Waals surface area contributed by atoms with Gasteiger partial charge in [0, 0.05) is 19.4 Å². The van der Waals surface area contributed by atoms with Crippen molar-refractivity contribution in [3.63, 3.8) is 0 Å². The third-order valence-electron chi connectivity index (χ3n) is 12.6. The number of aliphatic hydroxyl groups is 1. The molecule has 410 valence electrons. The number of phenols is 1. The maximum absolute atomic E-state index is 14.3. The molecule has 2 aliphatic rings. The summed E-state index contributed by atoms with van der Waals surface area (Å²) in [4.78, 5) is 163. The Bertz CT molecular complexity index is 2160. The van der Waals surface area contributed by atoms with Crippen LogP contribution in [0.25, 0.3) is 0 Å². The second kappa shape index (κ2) is 31.3. The number of primary amides is 4. The lowest BCUT2D eigenvalue weighted by Crippen LogP contribution is -2.62. The van der Waals surface area contributed by atoms with Crippen LogP contribution >= 0.6 is 0 Å². The van der Waals surface area contributed by atoms with Gasteiger partial charge in [0.05, 0.1) is 25.9 Å². The smallest absolute Gasteiger partial charge is 0.245 e. The van der Waals surface area contributed by atoms with Gasteiger partial charge >= 0.3 is 0 Å². The fraction of sp³-hybridized carbons (Fsp3) is 0.625. The van der Waals surface area contributed by atoms with Crippen molar-refractivity contribution in [2.75, 3.05) is 13.2 Å².